The third-order valence-corrected chi connectivity index (χ3v) is 4.27. The molecule has 0 aliphatic heterocycles. The molecule has 2 aromatic carbocycles. The van der Waals surface area contributed by atoms with Crippen LogP contribution in [0, 0.1) is 0 Å². The minimum absolute atomic E-state index is 0.0198. The number of halogens is 2. The zero-order chi connectivity index (χ0) is 20.5. The van der Waals surface area contributed by atoms with Gasteiger partial charge in [0.05, 0.1) is 29.3 Å². The smallest absolute Gasteiger partial charge is 0.407 e. The summed E-state index contributed by atoms with van der Waals surface area (Å²) in [5.74, 6) is -1.43. The Kier molecular flexibility index (Phi) is 8.10. The Bertz CT molecular complexity index is 825. The van der Waals surface area contributed by atoms with Gasteiger partial charge in [-0.2, -0.15) is 0 Å². The van der Waals surface area contributed by atoms with Gasteiger partial charge in [0, 0.05) is 0 Å². The fraction of sp³-hybridized carbons (Fsp3) is 0.211. The zero-order valence-electron chi connectivity index (χ0n) is 14.9. The lowest BCUT2D eigenvalue weighted by atomic mass is 10.2. The average Bonchev–Trinajstić information content (AvgIpc) is 2.69. The zero-order valence-corrected chi connectivity index (χ0v) is 16.4. The highest BCUT2D eigenvalue weighted by Crippen LogP contribution is 2.24. The lowest BCUT2D eigenvalue weighted by molar-refractivity contribution is -0.142. The van der Waals surface area contributed by atoms with Gasteiger partial charge in [-0.15, -0.1) is 0 Å². The van der Waals surface area contributed by atoms with Crippen LogP contribution in [0.1, 0.15) is 15.9 Å². The van der Waals surface area contributed by atoms with Gasteiger partial charge in [-0.1, -0.05) is 59.6 Å². The molecule has 0 spiro atoms. The summed E-state index contributed by atoms with van der Waals surface area (Å²) >= 11 is 12.0. The number of alkyl carbamates (subject to hydrolysis) is 1. The van der Waals surface area contributed by atoms with Crippen LogP contribution in [-0.4, -0.2) is 37.7 Å². The summed E-state index contributed by atoms with van der Waals surface area (Å²) < 4.78 is 9.72. The number of hydrogen-bond acceptors (Lipinski definition) is 5. The number of nitrogens with one attached hydrogen (secondary N) is 2. The molecule has 2 N–H and O–H groups in total. The average molecular weight is 425 g/mol. The summed E-state index contributed by atoms with van der Waals surface area (Å²) in [5.41, 5.74) is 0.829. The Morgan fingerprint density at radius 3 is 2.25 bits per heavy atom. The van der Waals surface area contributed by atoms with Crippen LogP contribution in [0.5, 0.6) is 0 Å². The summed E-state index contributed by atoms with van der Waals surface area (Å²) in [6.45, 7) is -0.175. The van der Waals surface area contributed by atoms with E-state index in [0.29, 0.717) is 0 Å². The first-order valence-corrected chi connectivity index (χ1v) is 8.95. The molecule has 0 aromatic heterocycles. The number of amides is 2. The third kappa shape index (κ3) is 6.14. The van der Waals surface area contributed by atoms with Crippen molar-refractivity contribution in [2.24, 2.45) is 0 Å². The number of methoxy groups -OCH3 is 1. The molecule has 0 heterocycles. The Morgan fingerprint density at radius 1 is 1.00 bits per heavy atom. The summed E-state index contributed by atoms with van der Waals surface area (Å²) in [7, 11) is 1.16. The van der Waals surface area contributed by atoms with Crippen molar-refractivity contribution in [3.05, 3.63) is 69.7 Å². The van der Waals surface area contributed by atoms with Crippen molar-refractivity contribution >= 4 is 41.2 Å². The minimum Gasteiger partial charge on any atom is -0.467 e. The van der Waals surface area contributed by atoms with Gasteiger partial charge in [-0.25, -0.2) is 9.59 Å². The number of hydrogen-bond donors (Lipinski definition) is 2. The number of esters is 1. The number of rotatable bonds is 7. The molecule has 1 atom stereocenters. The van der Waals surface area contributed by atoms with Crippen LogP contribution in [0.4, 0.5) is 4.79 Å². The first kappa shape index (κ1) is 21.5. The number of carbonyl (C=O) groups excluding carboxylic acids is 3. The standard InChI is InChI=1S/C19H18Cl2N2O5/c1-27-18(25)15(23-17(24)16-13(20)8-5-9-14(16)21)10-22-19(26)28-11-12-6-3-2-4-7-12/h2-9,15H,10-11H2,1H3,(H,22,26)(H,23,24)/t15-/m0/s1. The van der Waals surface area contributed by atoms with Gasteiger partial charge in [0.15, 0.2) is 0 Å². The van der Waals surface area contributed by atoms with Gasteiger partial charge in [-0.3, -0.25) is 4.79 Å². The van der Waals surface area contributed by atoms with E-state index in [4.69, 9.17) is 27.9 Å². The highest BCUT2D eigenvalue weighted by Gasteiger charge is 2.25. The number of carbonyl (C=O) groups is 3. The molecule has 0 fully saturated rings. The van der Waals surface area contributed by atoms with Crippen LogP contribution < -0.4 is 10.6 Å². The van der Waals surface area contributed by atoms with Gasteiger partial charge < -0.3 is 20.1 Å². The maximum Gasteiger partial charge on any atom is 0.407 e. The maximum atomic E-state index is 12.4. The highest BCUT2D eigenvalue weighted by molar-refractivity contribution is 6.39. The molecular formula is C19H18Cl2N2O5. The van der Waals surface area contributed by atoms with E-state index in [9.17, 15) is 14.4 Å². The largest absolute Gasteiger partial charge is 0.467 e. The van der Waals surface area contributed by atoms with Crippen molar-refractivity contribution in [3.63, 3.8) is 0 Å². The van der Waals surface area contributed by atoms with Gasteiger partial charge in [-0.05, 0) is 17.7 Å². The van der Waals surface area contributed by atoms with Crippen LogP contribution in [0.25, 0.3) is 0 Å². The predicted molar refractivity (Wildman–Crippen MR) is 104 cm³/mol. The van der Waals surface area contributed by atoms with E-state index in [-0.39, 0.29) is 28.8 Å². The SMILES string of the molecule is COC(=O)[C@H](CNC(=O)OCc1ccccc1)NC(=O)c1c(Cl)cccc1Cl. The Balaban J connectivity index is 1.95. The summed E-state index contributed by atoms with van der Waals surface area (Å²) in [4.78, 5) is 36.2. The van der Waals surface area contributed by atoms with Crippen molar-refractivity contribution < 1.29 is 23.9 Å². The molecule has 2 aromatic rings. The molecule has 7 nitrogen and oxygen atoms in total. The summed E-state index contributed by atoms with van der Waals surface area (Å²) in [5, 5.41) is 5.11. The van der Waals surface area contributed by atoms with E-state index in [1.54, 1.807) is 18.2 Å². The molecule has 0 aliphatic carbocycles. The molecule has 9 heteroatoms. The van der Waals surface area contributed by atoms with Gasteiger partial charge >= 0.3 is 12.1 Å². The van der Waals surface area contributed by atoms with Gasteiger partial charge in [0.1, 0.15) is 12.6 Å². The van der Waals surface area contributed by atoms with Crippen molar-refractivity contribution in [2.75, 3.05) is 13.7 Å². The molecule has 2 rings (SSSR count). The van der Waals surface area contributed by atoms with Crippen LogP contribution >= 0.6 is 23.2 Å². The predicted octanol–water partition coefficient (Wildman–Crippen LogP) is 3.19. The highest BCUT2D eigenvalue weighted by atomic mass is 35.5. The van der Waals surface area contributed by atoms with E-state index in [2.05, 4.69) is 15.4 Å². The molecule has 2 amide bonds. The lowest BCUT2D eigenvalue weighted by Gasteiger charge is -2.18. The topological polar surface area (TPSA) is 93.7 Å². The molecular weight excluding hydrogens is 407 g/mol. The maximum absolute atomic E-state index is 12.4. The van der Waals surface area contributed by atoms with Gasteiger partial charge in [0.25, 0.3) is 5.91 Å². The second-order valence-electron chi connectivity index (χ2n) is 5.59. The van der Waals surface area contributed by atoms with E-state index in [0.717, 1.165) is 12.7 Å². The molecule has 0 unspecified atom stereocenters. The van der Waals surface area contributed by atoms with Crippen LogP contribution in [0.3, 0.4) is 0 Å². The fourth-order valence-electron chi connectivity index (χ4n) is 2.24. The quantitative estimate of drug-likeness (QED) is 0.665. The first-order chi connectivity index (χ1) is 13.4. The van der Waals surface area contributed by atoms with Crippen molar-refractivity contribution in [2.45, 2.75) is 12.6 Å². The Labute approximate surface area is 171 Å². The number of ether oxygens (including phenoxy) is 2. The summed E-state index contributed by atoms with van der Waals surface area (Å²) in [6, 6.07) is 12.5. The van der Waals surface area contributed by atoms with E-state index < -0.39 is 24.0 Å². The number of benzene rings is 2. The normalized spacial score (nSPS) is 11.2. The molecule has 0 saturated heterocycles. The van der Waals surface area contributed by atoms with Crippen LogP contribution in [0.2, 0.25) is 10.0 Å². The van der Waals surface area contributed by atoms with Crippen molar-refractivity contribution in [1.82, 2.24) is 10.6 Å². The molecule has 0 saturated carbocycles. The molecule has 28 heavy (non-hydrogen) atoms. The monoisotopic (exact) mass is 424 g/mol. The Hall–Kier alpha value is -2.77. The van der Waals surface area contributed by atoms with E-state index in [1.807, 2.05) is 18.2 Å². The van der Waals surface area contributed by atoms with Crippen molar-refractivity contribution in [3.8, 4) is 0 Å². The molecule has 148 valence electrons. The second kappa shape index (κ2) is 10.5. The lowest BCUT2D eigenvalue weighted by Crippen LogP contribution is -2.49. The van der Waals surface area contributed by atoms with Crippen LogP contribution in [0.15, 0.2) is 48.5 Å². The molecule has 0 bridgehead atoms. The first-order valence-electron chi connectivity index (χ1n) is 8.19. The molecule has 0 radical (unpaired) electrons. The minimum atomic E-state index is -1.16. The second-order valence-corrected chi connectivity index (χ2v) is 6.40. The fourth-order valence-corrected chi connectivity index (χ4v) is 2.81. The summed E-state index contributed by atoms with van der Waals surface area (Å²) in [6.07, 6.45) is -0.747. The van der Waals surface area contributed by atoms with Gasteiger partial charge in [0.2, 0.25) is 0 Å². The Morgan fingerprint density at radius 2 is 1.64 bits per heavy atom. The third-order valence-electron chi connectivity index (χ3n) is 3.64. The van der Waals surface area contributed by atoms with E-state index >= 15 is 0 Å². The molecule has 0 aliphatic rings. The van der Waals surface area contributed by atoms with Crippen molar-refractivity contribution in [1.29, 1.82) is 0 Å². The van der Waals surface area contributed by atoms with Crippen LogP contribution in [-0.2, 0) is 20.9 Å². The van der Waals surface area contributed by atoms with E-state index in [1.165, 1.54) is 12.1 Å².